The average Bonchev–Trinajstić information content (AvgIpc) is 2.83. The number of nitrogens with one attached hydrogen (secondary N) is 1. The van der Waals surface area contributed by atoms with Gasteiger partial charge < -0.3 is 10.1 Å². The Hall–Kier alpha value is -1.70. The van der Waals surface area contributed by atoms with Crippen LogP contribution in [0.4, 0.5) is 18.9 Å². The minimum absolute atomic E-state index is 0.271. The lowest BCUT2D eigenvalue weighted by Crippen LogP contribution is -2.19. The highest BCUT2D eigenvalue weighted by molar-refractivity contribution is 9.10. The van der Waals surface area contributed by atoms with Gasteiger partial charge in [0.1, 0.15) is 0 Å². The Balaban J connectivity index is 2.02. The molecular weight excluding hydrogens is 339 g/mol. The second-order valence-electron chi connectivity index (χ2n) is 3.88. The molecule has 0 aliphatic heterocycles. The van der Waals surface area contributed by atoms with E-state index in [-0.39, 0.29) is 11.4 Å². The topological polar surface area (TPSA) is 39.1 Å². The molecular formula is C12H11BrF3N3O. The summed E-state index contributed by atoms with van der Waals surface area (Å²) in [4.78, 5) is 0. The summed E-state index contributed by atoms with van der Waals surface area (Å²) in [5.74, 6) is -0.271. The highest BCUT2D eigenvalue weighted by atomic mass is 79.9. The maximum Gasteiger partial charge on any atom is 0.573 e. The number of nitrogens with zero attached hydrogens (tertiary/aromatic N) is 2. The van der Waals surface area contributed by atoms with Crippen LogP contribution in [0, 0.1) is 0 Å². The molecule has 4 nitrogen and oxygen atoms in total. The summed E-state index contributed by atoms with van der Waals surface area (Å²) in [5.41, 5.74) is 0.276. The standard InChI is InChI=1S/C12H11BrF3N3O/c13-9-2-3-10(11(8-9)20-12(14,15)16)17-5-7-19-6-1-4-18-19/h1-4,6,8,17H,5,7H2. The van der Waals surface area contributed by atoms with Crippen molar-refractivity contribution in [3.8, 4) is 5.75 Å². The summed E-state index contributed by atoms with van der Waals surface area (Å²) < 4.78 is 43.1. The van der Waals surface area contributed by atoms with E-state index in [9.17, 15) is 13.2 Å². The number of rotatable bonds is 5. The summed E-state index contributed by atoms with van der Waals surface area (Å²) in [6, 6.07) is 6.20. The first-order chi connectivity index (χ1) is 9.44. The second kappa shape index (κ2) is 6.17. The number of benzene rings is 1. The predicted molar refractivity (Wildman–Crippen MR) is 71.5 cm³/mol. The van der Waals surface area contributed by atoms with Gasteiger partial charge in [0.2, 0.25) is 0 Å². The molecule has 2 rings (SSSR count). The first-order valence-corrected chi connectivity index (χ1v) is 6.50. The van der Waals surface area contributed by atoms with Gasteiger partial charge >= 0.3 is 6.36 Å². The average molecular weight is 350 g/mol. The summed E-state index contributed by atoms with van der Waals surface area (Å²) in [5, 5.41) is 6.90. The van der Waals surface area contributed by atoms with Crippen LogP contribution >= 0.6 is 15.9 Å². The number of halogens is 4. The molecule has 8 heteroatoms. The van der Waals surface area contributed by atoms with Gasteiger partial charge in [0.25, 0.3) is 0 Å². The van der Waals surface area contributed by atoms with Crippen LogP contribution in [-0.4, -0.2) is 22.7 Å². The quantitative estimate of drug-likeness (QED) is 0.895. The van der Waals surface area contributed by atoms with Gasteiger partial charge in [-0.3, -0.25) is 4.68 Å². The Labute approximate surface area is 121 Å². The van der Waals surface area contributed by atoms with Crippen LogP contribution in [0.15, 0.2) is 41.1 Å². The van der Waals surface area contributed by atoms with Gasteiger partial charge in [-0.15, -0.1) is 13.2 Å². The molecule has 0 aliphatic rings. The maximum atomic E-state index is 12.3. The van der Waals surface area contributed by atoms with Gasteiger partial charge in [0, 0.05) is 23.4 Å². The highest BCUT2D eigenvalue weighted by Gasteiger charge is 2.32. The van der Waals surface area contributed by atoms with Crippen molar-refractivity contribution in [3.63, 3.8) is 0 Å². The van der Waals surface area contributed by atoms with Crippen LogP contribution in [0.3, 0.4) is 0 Å². The molecule has 1 heterocycles. The molecule has 2 aromatic rings. The van der Waals surface area contributed by atoms with E-state index >= 15 is 0 Å². The van der Waals surface area contributed by atoms with Crippen LogP contribution in [0.2, 0.25) is 0 Å². The summed E-state index contributed by atoms with van der Waals surface area (Å²) in [6.07, 6.45) is -1.31. The zero-order valence-electron chi connectivity index (χ0n) is 10.2. The Morgan fingerprint density at radius 2 is 2.15 bits per heavy atom. The van der Waals surface area contributed by atoms with Crippen molar-refractivity contribution in [2.24, 2.45) is 0 Å². The number of aromatic nitrogens is 2. The molecule has 0 saturated heterocycles. The first kappa shape index (κ1) is 14.7. The fourth-order valence-corrected chi connectivity index (χ4v) is 1.93. The van der Waals surface area contributed by atoms with Crippen molar-refractivity contribution in [2.45, 2.75) is 12.9 Å². The minimum atomic E-state index is -4.72. The SMILES string of the molecule is FC(F)(F)Oc1cc(Br)ccc1NCCn1cccn1. The highest BCUT2D eigenvalue weighted by Crippen LogP contribution is 2.32. The van der Waals surface area contributed by atoms with Crippen molar-refractivity contribution in [3.05, 3.63) is 41.1 Å². The molecule has 0 atom stereocenters. The number of ether oxygens (including phenoxy) is 1. The van der Waals surface area contributed by atoms with Crippen molar-refractivity contribution in [2.75, 3.05) is 11.9 Å². The van der Waals surface area contributed by atoms with Gasteiger partial charge in [-0.1, -0.05) is 15.9 Å². The Morgan fingerprint density at radius 1 is 1.35 bits per heavy atom. The molecule has 0 aliphatic carbocycles. The van der Waals surface area contributed by atoms with Gasteiger partial charge in [0.15, 0.2) is 5.75 Å². The number of anilines is 1. The van der Waals surface area contributed by atoms with Gasteiger partial charge in [0.05, 0.1) is 12.2 Å². The number of hydrogen-bond acceptors (Lipinski definition) is 3. The lowest BCUT2D eigenvalue weighted by atomic mass is 10.3. The fraction of sp³-hybridized carbons (Fsp3) is 0.250. The molecule has 108 valence electrons. The van der Waals surface area contributed by atoms with Crippen LogP contribution in [0.1, 0.15) is 0 Å². The first-order valence-electron chi connectivity index (χ1n) is 5.71. The van der Waals surface area contributed by atoms with E-state index in [1.54, 1.807) is 29.2 Å². The molecule has 0 spiro atoms. The molecule has 0 bridgehead atoms. The van der Waals surface area contributed by atoms with Crippen molar-refractivity contribution in [1.82, 2.24) is 9.78 Å². The Bertz CT molecular complexity index is 558. The molecule has 1 aromatic carbocycles. The molecule has 0 saturated carbocycles. The van der Waals surface area contributed by atoms with E-state index in [0.29, 0.717) is 17.6 Å². The third kappa shape index (κ3) is 4.44. The lowest BCUT2D eigenvalue weighted by molar-refractivity contribution is -0.274. The summed E-state index contributed by atoms with van der Waals surface area (Å²) in [6.45, 7) is 0.964. The second-order valence-corrected chi connectivity index (χ2v) is 4.80. The lowest BCUT2D eigenvalue weighted by Gasteiger charge is -2.15. The van der Waals surface area contributed by atoms with Crippen LogP contribution < -0.4 is 10.1 Å². The van der Waals surface area contributed by atoms with E-state index in [1.165, 1.54) is 12.1 Å². The van der Waals surface area contributed by atoms with E-state index < -0.39 is 6.36 Å². The Kier molecular flexibility index (Phi) is 4.53. The number of alkyl halides is 3. The molecule has 1 N–H and O–H groups in total. The zero-order chi connectivity index (χ0) is 14.6. The van der Waals surface area contributed by atoms with E-state index in [1.807, 2.05) is 0 Å². The summed E-state index contributed by atoms with van der Waals surface area (Å²) >= 11 is 3.11. The van der Waals surface area contributed by atoms with Crippen molar-refractivity contribution < 1.29 is 17.9 Å². The normalized spacial score (nSPS) is 11.4. The van der Waals surface area contributed by atoms with E-state index in [4.69, 9.17) is 0 Å². The third-order valence-electron chi connectivity index (χ3n) is 2.38. The zero-order valence-corrected chi connectivity index (χ0v) is 11.8. The number of hydrogen-bond donors (Lipinski definition) is 1. The molecule has 20 heavy (non-hydrogen) atoms. The van der Waals surface area contributed by atoms with Gasteiger partial charge in [-0.25, -0.2) is 0 Å². The maximum absolute atomic E-state index is 12.3. The van der Waals surface area contributed by atoms with Crippen molar-refractivity contribution >= 4 is 21.6 Å². The smallest absolute Gasteiger partial charge is 0.404 e. The molecule has 0 fully saturated rings. The Morgan fingerprint density at radius 3 is 2.80 bits per heavy atom. The fourth-order valence-electron chi connectivity index (χ4n) is 1.59. The van der Waals surface area contributed by atoms with Gasteiger partial charge in [-0.2, -0.15) is 5.10 Å². The van der Waals surface area contributed by atoms with Crippen molar-refractivity contribution in [1.29, 1.82) is 0 Å². The van der Waals surface area contributed by atoms with E-state index in [0.717, 1.165) is 0 Å². The predicted octanol–water partition coefficient (Wildman–Crippen LogP) is 3.66. The molecule has 1 aromatic heterocycles. The molecule has 0 amide bonds. The molecule has 0 unspecified atom stereocenters. The van der Waals surface area contributed by atoms with Crippen LogP contribution in [-0.2, 0) is 6.54 Å². The van der Waals surface area contributed by atoms with Gasteiger partial charge in [-0.05, 0) is 24.3 Å². The largest absolute Gasteiger partial charge is 0.573 e. The van der Waals surface area contributed by atoms with Crippen LogP contribution in [0.25, 0.3) is 0 Å². The molecule has 0 radical (unpaired) electrons. The monoisotopic (exact) mass is 349 g/mol. The minimum Gasteiger partial charge on any atom is -0.404 e. The summed E-state index contributed by atoms with van der Waals surface area (Å²) in [7, 11) is 0. The third-order valence-corrected chi connectivity index (χ3v) is 2.88. The van der Waals surface area contributed by atoms with Crippen LogP contribution in [0.5, 0.6) is 5.75 Å². The van der Waals surface area contributed by atoms with E-state index in [2.05, 4.69) is 31.1 Å².